The van der Waals surface area contributed by atoms with Crippen LogP contribution in [0.4, 0.5) is 5.69 Å². The molecule has 2 atom stereocenters. The molecule has 0 aliphatic carbocycles. The lowest BCUT2D eigenvalue weighted by Crippen LogP contribution is -2.49. The van der Waals surface area contributed by atoms with Crippen LogP contribution >= 0.6 is 23.2 Å². The molecule has 5 nitrogen and oxygen atoms in total. The summed E-state index contributed by atoms with van der Waals surface area (Å²) in [4.78, 5) is 13.4. The number of hydrogen-bond acceptors (Lipinski definition) is 3. The monoisotopic (exact) mass is 490 g/mol. The molecule has 0 saturated heterocycles. The average molecular weight is 491 g/mol. The number of halogens is 2. The molecule has 0 radical (unpaired) electrons. The predicted octanol–water partition coefficient (Wildman–Crippen LogP) is 5.36. The fraction of sp³-hybridized carbons (Fsp3) is 0.208. The van der Waals surface area contributed by atoms with Crippen molar-refractivity contribution in [2.24, 2.45) is 0 Å². The second kappa shape index (κ2) is 9.94. The van der Waals surface area contributed by atoms with E-state index in [1.54, 1.807) is 6.07 Å². The third-order valence-corrected chi connectivity index (χ3v) is 6.94. The second-order valence-corrected chi connectivity index (χ2v) is 10.2. The summed E-state index contributed by atoms with van der Waals surface area (Å²) < 4.78 is 26.3. The quantitative estimate of drug-likeness (QED) is 0.484. The summed E-state index contributed by atoms with van der Waals surface area (Å²) in [6.07, 6.45) is 1.03. The summed E-state index contributed by atoms with van der Waals surface area (Å²) in [5, 5.41) is 3.52. The number of carbonyl (C=O) groups excluding carboxylic acids is 1. The molecule has 0 aliphatic heterocycles. The van der Waals surface area contributed by atoms with E-state index in [9.17, 15) is 13.2 Å². The molecule has 8 heteroatoms. The summed E-state index contributed by atoms with van der Waals surface area (Å²) in [7, 11) is -3.85. The van der Waals surface area contributed by atoms with E-state index in [0.29, 0.717) is 5.02 Å². The van der Waals surface area contributed by atoms with Crippen LogP contribution in [0.15, 0.2) is 72.8 Å². The third-order valence-electron chi connectivity index (χ3n) is 5.15. The second-order valence-electron chi connectivity index (χ2n) is 7.54. The number of rotatable bonds is 7. The summed E-state index contributed by atoms with van der Waals surface area (Å²) in [6, 6.07) is 20.2. The van der Waals surface area contributed by atoms with Crippen LogP contribution in [-0.2, 0) is 14.8 Å². The van der Waals surface area contributed by atoms with E-state index in [0.717, 1.165) is 27.3 Å². The van der Waals surface area contributed by atoms with Gasteiger partial charge in [0.25, 0.3) is 0 Å². The van der Waals surface area contributed by atoms with Crippen molar-refractivity contribution in [2.75, 3.05) is 10.6 Å². The van der Waals surface area contributed by atoms with Gasteiger partial charge in [0.1, 0.15) is 6.04 Å². The predicted molar refractivity (Wildman–Crippen MR) is 131 cm³/mol. The average Bonchev–Trinajstić information content (AvgIpc) is 2.74. The van der Waals surface area contributed by atoms with E-state index in [1.165, 1.54) is 19.1 Å². The maximum absolute atomic E-state index is 13.4. The molecule has 0 bridgehead atoms. The molecular weight excluding hydrogens is 467 g/mol. The van der Waals surface area contributed by atoms with Gasteiger partial charge in [-0.15, -0.1) is 0 Å². The summed E-state index contributed by atoms with van der Waals surface area (Å²) in [6.45, 7) is 3.49. The number of hydrogen-bond donors (Lipinski definition) is 1. The maximum Gasteiger partial charge on any atom is 0.244 e. The number of benzene rings is 3. The minimum absolute atomic E-state index is 0.150. The van der Waals surface area contributed by atoms with Gasteiger partial charge in [-0.2, -0.15) is 0 Å². The fourth-order valence-corrected chi connectivity index (χ4v) is 5.20. The first-order valence-corrected chi connectivity index (χ1v) is 12.6. The zero-order valence-electron chi connectivity index (χ0n) is 17.9. The standard InChI is InChI=1S/C24H24Cl2N2O3S/c1-16-9-7-8-12-20(16)23(18-10-5-4-6-11-18)27-24(29)17(2)28(32(3,30)31)22-15-19(25)13-14-21(22)26/h4-15,17,23H,1-3H3,(H,27,29)/t17-,23-/m1/s1. The van der Waals surface area contributed by atoms with E-state index in [-0.39, 0.29) is 10.7 Å². The minimum atomic E-state index is -3.85. The van der Waals surface area contributed by atoms with E-state index in [2.05, 4.69) is 5.32 Å². The number of anilines is 1. The Morgan fingerprint density at radius 1 is 0.969 bits per heavy atom. The first-order valence-electron chi connectivity index (χ1n) is 9.95. The minimum Gasteiger partial charge on any atom is -0.343 e. The van der Waals surface area contributed by atoms with Crippen molar-refractivity contribution in [3.05, 3.63) is 99.5 Å². The van der Waals surface area contributed by atoms with Gasteiger partial charge in [0, 0.05) is 5.02 Å². The molecule has 0 aromatic heterocycles. The van der Waals surface area contributed by atoms with Crippen LogP contribution in [-0.4, -0.2) is 26.6 Å². The van der Waals surface area contributed by atoms with E-state index in [1.807, 2.05) is 61.5 Å². The molecule has 1 amide bonds. The van der Waals surface area contributed by atoms with Gasteiger partial charge in [0.2, 0.25) is 15.9 Å². The Hall–Kier alpha value is -2.54. The largest absolute Gasteiger partial charge is 0.343 e. The summed E-state index contributed by atoms with van der Waals surface area (Å²) in [5.74, 6) is -0.469. The number of aryl methyl sites for hydroxylation is 1. The lowest BCUT2D eigenvalue weighted by molar-refractivity contribution is -0.122. The zero-order chi connectivity index (χ0) is 23.5. The zero-order valence-corrected chi connectivity index (χ0v) is 20.2. The van der Waals surface area contributed by atoms with Crippen molar-refractivity contribution in [1.29, 1.82) is 0 Å². The number of nitrogens with zero attached hydrogens (tertiary/aromatic N) is 1. The molecule has 0 saturated carbocycles. The van der Waals surface area contributed by atoms with Crippen molar-refractivity contribution >= 4 is 44.8 Å². The topological polar surface area (TPSA) is 66.5 Å². The highest BCUT2D eigenvalue weighted by molar-refractivity contribution is 7.92. The van der Waals surface area contributed by atoms with Gasteiger partial charge < -0.3 is 5.32 Å². The Labute approximate surface area is 199 Å². The normalized spacial score (nSPS) is 13.3. The molecule has 0 heterocycles. The molecule has 0 fully saturated rings. The molecule has 0 aliphatic rings. The lowest BCUT2D eigenvalue weighted by Gasteiger charge is -2.31. The Morgan fingerprint density at radius 2 is 1.59 bits per heavy atom. The van der Waals surface area contributed by atoms with Crippen LogP contribution in [0, 0.1) is 6.92 Å². The molecule has 3 rings (SSSR count). The molecule has 1 N–H and O–H groups in total. The Bertz CT molecular complexity index is 1220. The number of amides is 1. The Morgan fingerprint density at radius 3 is 2.22 bits per heavy atom. The van der Waals surface area contributed by atoms with Crippen LogP contribution in [0.3, 0.4) is 0 Å². The van der Waals surface area contributed by atoms with Gasteiger partial charge in [-0.05, 0) is 48.7 Å². The molecule has 168 valence electrons. The molecule has 3 aromatic rings. The van der Waals surface area contributed by atoms with Gasteiger partial charge in [0.05, 0.1) is 23.0 Å². The lowest BCUT2D eigenvalue weighted by atomic mass is 9.94. The molecule has 0 spiro atoms. The van der Waals surface area contributed by atoms with E-state index < -0.39 is 28.0 Å². The summed E-state index contributed by atoms with van der Waals surface area (Å²) >= 11 is 12.3. The Balaban J connectivity index is 2.01. The Kier molecular flexibility index (Phi) is 7.49. The molecular formula is C24H24Cl2N2O3S. The van der Waals surface area contributed by atoms with Crippen LogP contribution in [0.5, 0.6) is 0 Å². The van der Waals surface area contributed by atoms with Crippen molar-refractivity contribution in [3.63, 3.8) is 0 Å². The highest BCUT2D eigenvalue weighted by Gasteiger charge is 2.32. The van der Waals surface area contributed by atoms with Crippen molar-refractivity contribution in [3.8, 4) is 0 Å². The molecule has 3 aromatic carbocycles. The summed E-state index contributed by atoms with van der Waals surface area (Å²) in [5.41, 5.74) is 2.96. The van der Waals surface area contributed by atoms with Gasteiger partial charge in [-0.1, -0.05) is 77.8 Å². The SMILES string of the molecule is Cc1ccccc1[C@H](NC(=O)[C@@H](C)N(c1cc(Cl)ccc1Cl)S(C)(=O)=O)c1ccccc1. The highest BCUT2D eigenvalue weighted by Crippen LogP contribution is 2.33. The van der Waals surface area contributed by atoms with Gasteiger partial charge in [-0.3, -0.25) is 9.10 Å². The maximum atomic E-state index is 13.4. The van der Waals surface area contributed by atoms with E-state index in [4.69, 9.17) is 23.2 Å². The first-order chi connectivity index (χ1) is 15.1. The fourth-order valence-electron chi connectivity index (χ4n) is 3.60. The van der Waals surface area contributed by atoms with Crippen LogP contribution in [0.2, 0.25) is 10.0 Å². The smallest absolute Gasteiger partial charge is 0.244 e. The van der Waals surface area contributed by atoms with Gasteiger partial charge in [0.15, 0.2) is 0 Å². The van der Waals surface area contributed by atoms with E-state index >= 15 is 0 Å². The number of carbonyl (C=O) groups is 1. The van der Waals surface area contributed by atoms with Crippen molar-refractivity contribution in [1.82, 2.24) is 5.32 Å². The van der Waals surface area contributed by atoms with Crippen LogP contribution in [0.1, 0.15) is 29.7 Å². The van der Waals surface area contributed by atoms with Gasteiger partial charge in [-0.25, -0.2) is 8.42 Å². The number of nitrogens with one attached hydrogen (secondary N) is 1. The van der Waals surface area contributed by atoms with Crippen molar-refractivity contribution < 1.29 is 13.2 Å². The third kappa shape index (κ3) is 5.44. The molecule has 0 unspecified atom stereocenters. The van der Waals surface area contributed by atoms with Crippen LogP contribution in [0.25, 0.3) is 0 Å². The molecule has 32 heavy (non-hydrogen) atoms. The number of sulfonamides is 1. The first kappa shape index (κ1) is 24.1. The van der Waals surface area contributed by atoms with Gasteiger partial charge >= 0.3 is 0 Å². The van der Waals surface area contributed by atoms with Crippen LogP contribution < -0.4 is 9.62 Å². The highest BCUT2D eigenvalue weighted by atomic mass is 35.5. The van der Waals surface area contributed by atoms with Crippen molar-refractivity contribution in [2.45, 2.75) is 25.9 Å².